The van der Waals surface area contributed by atoms with Crippen LogP contribution in [0.5, 0.6) is 5.88 Å². The van der Waals surface area contributed by atoms with Crippen LogP contribution in [0, 0.1) is 5.82 Å². The topological polar surface area (TPSA) is 86.2 Å². The van der Waals surface area contributed by atoms with Crippen molar-refractivity contribution in [2.75, 3.05) is 12.5 Å². The van der Waals surface area contributed by atoms with Gasteiger partial charge in [0.1, 0.15) is 12.4 Å². The molecule has 2 aromatic heterocycles. The number of sulfone groups is 1. The number of halogens is 1. The maximum Gasteiger partial charge on any atom is 0.214 e. The predicted octanol–water partition coefficient (Wildman–Crippen LogP) is 8.37. The van der Waals surface area contributed by atoms with E-state index in [1.165, 1.54) is 18.4 Å². The number of aromatic nitrogens is 2. The molecule has 9 heteroatoms. The first kappa shape index (κ1) is 32.2. The lowest BCUT2D eigenvalue weighted by atomic mass is 9.91. The molecular formula is C38H33FN2O4S2. The normalized spacial score (nSPS) is 12.6. The molecule has 238 valence electrons. The van der Waals surface area contributed by atoms with E-state index in [1.807, 2.05) is 50.2 Å². The number of rotatable bonds is 9. The smallest absolute Gasteiger partial charge is 0.214 e. The van der Waals surface area contributed by atoms with E-state index in [0.717, 1.165) is 44.3 Å². The largest absolute Gasteiger partial charge is 0.473 e. The Balaban J connectivity index is 1.47. The van der Waals surface area contributed by atoms with Crippen molar-refractivity contribution >= 4 is 31.5 Å². The van der Waals surface area contributed by atoms with Crippen molar-refractivity contribution in [2.45, 2.75) is 30.1 Å². The van der Waals surface area contributed by atoms with Gasteiger partial charge in [0.2, 0.25) is 5.88 Å². The SMILES string of the molecule is CS(=O)C(C)(C)c1cc(-c2cccc(-c3ccc(OCc4ccc(F)cc4)nc3-c3ccc(S(C)(=O)=O)cc3)c2)c2ncccc2c1. The van der Waals surface area contributed by atoms with Gasteiger partial charge in [0, 0.05) is 57.7 Å². The molecule has 47 heavy (non-hydrogen) atoms. The van der Waals surface area contributed by atoms with Crippen molar-refractivity contribution in [2.24, 2.45) is 0 Å². The van der Waals surface area contributed by atoms with E-state index in [1.54, 1.807) is 54.9 Å². The van der Waals surface area contributed by atoms with Crippen LogP contribution in [-0.4, -0.2) is 35.1 Å². The third-order valence-corrected chi connectivity index (χ3v) is 11.1. The lowest BCUT2D eigenvalue weighted by Crippen LogP contribution is -2.22. The van der Waals surface area contributed by atoms with Crippen molar-refractivity contribution < 1.29 is 21.8 Å². The van der Waals surface area contributed by atoms with Gasteiger partial charge in [0.25, 0.3) is 0 Å². The Morgan fingerprint density at radius 3 is 2.19 bits per heavy atom. The predicted molar refractivity (Wildman–Crippen MR) is 187 cm³/mol. The summed E-state index contributed by atoms with van der Waals surface area (Å²) in [5.41, 5.74) is 7.46. The van der Waals surface area contributed by atoms with Crippen LogP contribution in [0.3, 0.4) is 0 Å². The van der Waals surface area contributed by atoms with Crippen molar-refractivity contribution in [3.8, 4) is 39.4 Å². The van der Waals surface area contributed by atoms with Crippen LogP contribution < -0.4 is 4.74 Å². The maximum atomic E-state index is 13.4. The van der Waals surface area contributed by atoms with Crippen LogP contribution >= 0.6 is 0 Å². The summed E-state index contributed by atoms with van der Waals surface area (Å²) >= 11 is 0. The minimum absolute atomic E-state index is 0.198. The number of pyridine rings is 2. The highest BCUT2D eigenvalue weighted by atomic mass is 32.2. The van der Waals surface area contributed by atoms with Gasteiger partial charge in [-0.1, -0.05) is 48.5 Å². The second kappa shape index (κ2) is 12.8. The second-order valence-electron chi connectivity index (χ2n) is 11.9. The van der Waals surface area contributed by atoms with Crippen LogP contribution in [0.15, 0.2) is 120 Å². The van der Waals surface area contributed by atoms with Gasteiger partial charge < -0.3 is 4.74 Å². The molecule has 4 aromatic carbocycles. The Bertz CT molecular complexity index is 2230. The Morgan fingerprint density at radius 1 is 0.809 bits per heavy atom. The summed E-state index contributed by atoms with van der Waals surface area (Å²) < 4.78 is 55.9. The first-order valence-electron chi connectivity index (χ1n) is 14.9. The molecule has 6 aromatic rings. The van der Waals surface area contributed by atoms with Gasteiger partial charge >= 0.3 is 0 Å². The fourth-order valence-corrected chi connectivity index (χ4v) is 6.43. The molecule has 0 aliphatic rings. The average molecular weight is 665 g/mol. The monoisotopic (exact) mass is 664 g/mol. The molecule has 0 spiro atoms. The molecule has 6 nitrogen and oxygen atoms in total. The minimum Gasteiger partial charge on any atom is -0.473 e. The van der Waals surface area contributed by atoms with Crippen LogP contribution in [-0.2, 0) is 32.0 Å². The van der Waals surface area contributed by atoms with Gasteiger partial charge in [0.05, 0.1) is 20.9 Å². The van der Waals surface area contributed by atoms with Crippen LogP contribution in [0.2, 0.25) is 0 Å². The molecule has 0 radical (unpaired) electrons. The number of fused-ring (bicyclic) bond motifs is 1. The number of nitrogens with zero attached hydrogens (tertiary/aromatic N) is 2. The van der Waals surface area contributed by atoms with Crippen LogP contribution in [0.25, 0.3) is 44.4 Å². The fourth-order valence-electron chi connectivity index (χ4n) is 5.35. The average Bonchev–Trinajstić information content (AvgIpc) is 3.07. The molecule has 2 heterocycles. The minimum atomic E-state index is -3.39. The number of hydrogen-bond acceptors (Lipinski definition) is 6. The van der Waals surface area contributed by atoms with E-state index < -0.39 is 25.4 Å². The Labute approximate surface area is 276 Å². The van der Waals surface area contributed by atoms with Crippen LogP contribution in [0.1, 0.15) is 25.0 Å². The van der Waals surface area contributed by atoms with Crippen molar-refractivity contribution in [3.05, 3.63) is 132 Å². The highest BCUT2D eigenvalue weighted by Crippen LogP contribution is 2.38. The maximum absolute atomic E-state index is 13.4. The summed E-state index contributed by atoms with van der Waals surface area (Å²) in [7, 11) is -4.50. The standard InChI is InChI=1S/C38H33FN2O4S2/c1-38(2,46(3)42)30-22-29-9-6-20-40-36(29)34(23-30)28-8-5-7-27(21-28)33-18-19-35(45-24-25-10-14-31(39)15-11-25)41-37(33)26-12-16-32(17-13-26)47(4,43)44/h5-23H,24H2,1-4H3. The molecular weight excluding hydrogens is 632 g/mol. The lowest BCUT2D eigenvalue weighted by Gasteiger charge is -2.24. The zero-order valence-corrected chi connectivity index (χ0v) is 28.0. The second-order valence-corrected chi connectivity index (χ2v) is 15.8. The Kier molecular flexibility index (Phi) is 8.78. The molecule has 0 N–H and O–H groups in total. The molecule has 1 unspecified atom stereocenters. The molecule has 0 amide bonds. The Hall–Kier alpha value is -4.73. The summed E-state index contributed by atoms with van der Waals surface area (Å²) in [4.78, 5) is 9.79. The first-order valence-corrected chi connectivity index (χ1v) is 18.4. The summed E-state index contributed by atoms with van der Waals surface area (Å²) in [5.74, 6) is 0.0481. The van der Waals surface area contributed by atoms with E-state index in [-0.39, 0.29) is 17.3 Å². The number of hydrogen-bond donors (Lipinski definition) is 0. The van der Waals surface area contributed by atoms with Gasteiger partial charge in [-0.2, -0.15) is 0 Å². The van der Waals surface area contributed by atoms with Gasteiger partial charge in [-0.3, -0.25) is 9.19 Å². The zero-order chi connectivity index (χ0) is 33.3. The molecule has 0 bridgehead atoms. The number of benzene rings is 4. The molecule has 0 saturated heterocycles. The quantitative estimate of drug-likeness (QED) is 0.154. The molecule has 1 atom stereocenters. The van der Waals surface area contributed by atoms with Crippen LogP contribution in [0.4, 0.5) is 4.39 Å². The van der Waals surface area contributed by atoms with Gasteiger partial charge in [-0.25, -0.2) is 17.8 Å². The summed E-state index contributed by atoms with van der Waals surface area (Å²) in [6, 6.07) is 32.6. The molecule has 0 saturated carbocycles. The molecule has 0 aliphatic heterocycles. The lowest BCUT2D eigenvalue weighted by molar-refractivity contribution is 0.294. The van der Waals surface area contributed by atoms with Crippen molar-refractivity contribution in [3.63, 3.8) is 0 Å². The molecule has 6 rings (SSSR count). The first-order chi connectivity index (χ1) is 22.4. The van der Waals surface area contributed by atoms with Gasteiger partial charge in [-0.05, 0) is 90.7 Å². The van der Waals surface area contributed by atoms with Gasteiger partial charge in [0.15, 0.2) is 9.84 Å². The van der Waals surface area contributed by atoms with E-state index >= 15 is 0 Å². The summed E-state index contributed by atoms with van der Waals surface area (Å²) in [6.45, 7) is 4.16. The third-order valence-electron chi connectivity index (χ3n) is 8.33. The third kappa shape index (κ3) is 6.87. The van der Waals surface area contributed by atoms with Gasteiger partial charge in [-0.15, -0.1) is 0 Å². The van der Waals surface area contributed by atoms with E-state index in [2.05, 4.69) is 18.2 Å². The van der Waals surface area contributed by atoms with E-state index in [4.69, 9.17) is 14.7 Å². The zero-order valence-electron chi connectivity index (χ0n) is 26.4. The number of ether oxygens (including phenoxy) is 1. The van der Waals surface area contributed by atoms with Crippen molar-refractivity contribution in [1.82, 2.24) is 9.97 Å². The molecule has 0 aliphatic carbocycles. The molecule has 0 fully saturated rings. The highest BCUT2D eigenvalue weighted by molar-refractivity contribution is 7.90. The fraction of sp³-hybridized carbons (Fsp3) is 0.158. The Morgan fingerprint density at radius 2 is 1.51 bits per heavy atom. The van der Waals surface area contributed by atoms with E-state index in [9.17, 15) is 17.0 Å². The highest BCUT2D eigenvalue weighted by Gasteiger charge is 2.27. The van der Waals surface area contributed by atoms with Crippen molar-refractivity contribution in [1.29, 1.82) is 0 Å². The summed E-state index contributed by atoms with van der Waals surface area (Å²) in [5, 5.41) is 0.958. The summed E-state index contributed by atoms with van der Waals surface area (Å²) in [6.07, 6.45) is 4.66. The van der Waals surface area contributed by atoms with E-state index in [0.29, 0.717) is 17.1 Å².